The molecule has 0 spiro atoms. The van der Waals surface area contributed by atoms with E-state index < -0.39 is 0 Å². The summed E-state index contributed by atoms with van der Waals surface area (Å²) in [6.45, 7) is 2.85. The second kappa shape index (κ2) is 5.49. The highest BCUT2D eigenvalue weighted by molar-refractivity contribution is 8.01. The van der Waals surface area contributed by atoms with E-state index in [-0.39, 0.29) is 5.91 Å². The van der Waals surface area contributed by atoms with Crippen LogP contribution >= 0.6 is 23.1 Å². The minimum absolute atomic E-state index is 0.0905. The second-order valence-corrected chi connectivity index (χ2v) is 5.73. The molecule has 0 bridgehead atoms. The summed E-state index contributed by atoms with van der Waals surface area (Å²) in [6.07, 6.45) is 2.25. The van der Waals surface area contributed by atoms with Crippen LogP contribution in [0.4, 0.5) is 5.13 Å². The molecule has 0 radical (unpaired) electrons. The van der Waals surface area contributed by atoms with Crippen LogP contribution in [-0.2, 0) is 4.79 Å². The Morgan fingerprint density at radius 1 is 1.56 bits per heavy atom. The summed E-state index contributed by atoms with van der Waals surface area (Å²) in [5.74, 6) is 0.518. The Labute approximate surface area is 102 Å². The van der Waals surface area contributed by atoms with Crippen molar-refractivity contribution in [2.45, 2.75) is 30.1 Å². The molecule has 1 fully saturated rings. The van der Waals surface area contributed by atoms with E-state index in [1.165, 1.54) is 23.1 Å². The number of aromatic nitrogens is 2. The highest BCUT2D eigenvalue weighted by atomic mass is 32.2. The van der Waals surface area contributed by atoms with Gasteiger partial charge in [-0.05, 0) is 19.8 Å². The molecule has 1 aliphatic rings. The molecule has 0 aromatic carbocycles. The predicted octanol–water partition coefficient (Wildman–Crippen LogP) is 1.34. The molecule has 5 nitrogen and oxygen atoms in total. The fourth-order valence-corrected chi connectivity index (χ4v) is 2.75. The van der Waals surface area contributed by atoms with Gasteiger partial charge in [-0.2, -0.15) is 0 Å². The van der Waals surface area contributed by atoms with Gasteiger partial charge < -0.3 is 10.6 Å². The van der Waals surface area contributed by atoms with Gasteiger partial charge in [0.2, 0.25) is 11.0 Å². The van der Waals surface area contributed by atoms with Gasteiger partial charge in [-0.3, -0.25) is 4.79 Å². The van der Waals surface area contributed by atoms with E-state index in [0.717, 1.165) is 28.9 Å². The van der Waals surface area contributed by atoms with E-state index in [4.69, 9.17) is 0 Å². The monoisotopic (exact) mass is 258 g/mol. The van der Waals surface area contributed by atoms with Crippen LogP contribution in [0.3, 0.4) is 0 Å². The first-order valence-corrected chi connectivity index (χ1v) is 7.07. The zero-order valence-corrected chi connectivity index (χ0v) is 10.7. The highest BCUT2D eigenvalue weighted by Gasteiger charge is 2.23. The largest absolute Gasteiger partial charge is 0.360 e. The van der Waals surface area contributed by atoms with E-state index in [9.17, 15) is 4.79 Å². The first-order chi connectivity index (χ1) is 7.78. The molecule has 1 amide bonds. The van der Waals surface area contributed by atoms with Gasteiger partial charge in [0, 0.05) is 12.6 Å². The third-order valence-electron chi connectivity index (χ3n) is 2.00. The van der Waals surface area contributed by atoms with Crippen LogP contribution in [0.15, 0.2) is 4.34 Å². The third kappa shape index (κ3) is 3.64. The number of thioether (sulfide) groups is 1. The topological polar surface area (TPSA) is 66.9 Å². The summed E-state index contributed by atoms with van der Waals surface area (Å²) < 4.78 is 0.835. The maximum Gasteiger partial charge on any atom is 0.230 e. The molecule has 7 heteroatoms. The Hall–Kier alpha value is -0.820. The standard InChI is InChI=1S/C9H14N4OS2/c1-2-10-8-12-13-9(16-8)15-5-7(14)11-6-3-4-6/h6H,2-5H2,1H3,(H,10,12)(H,11,14). The van der Waals surface area contributed by atoms with Crippen LogP contribution in [0, 0.1) is 0 Å². The Morgan fingerprint density at radius 3 is 3.06 bits per heavy atom. The Bertz CT molecular complexity index is 364. The molecule has 1 heterocycles. The van der Waals surface area contributed by atoms with Gasteiger partial charge in [-0.25, -0.2) is 0 Å². The lowest BCUT2D eigenvalue weighted by molar-refractivity contribution is -0.118. The fourth-order valence-electron chi connectivity index (χ4n) is 1.12. The Kier molecular flexibility index (Phi) is 4.00. The first kappa shape index (κ1) is 11.7. The Morgan fingerprint density at radius 2 is 2.38 bits per heavy atom. The van der Waals surface area contributed by atoms with Crippen molar-refractivity contribution in [3.05, 3.63) is 0 Å². The summed E-state index contributed by atoms with van der Waals surface area (Å²) in [6, 6.07) is 0.430. The number of carbonyl (C=O) groups is 1. The quantitative estimate of drug-likeness (QED) is 0.754. The number of nitrogens with zero attached hydrogens (tertiary/aromatic N) is 2. The molecule has 1 aromatic rings. The average Bonchev–Trinajstić information content (AvgIpc) is 2.95. The molecule has 0 saturated heterocycles. The van der Waals surface area contributed by atoms with Crippen LogP contribution in [0.5, 0.6) is 0 Å². The van der Waals surface area contributed by atoms with Crippen LogP contribution in [-0.4, -0.2) is 34.4 Å². The zero-order chi connectivity index (χ0) is 11.4. The van der Waals surface area contributed by atoms with Crippen molar-refractivity contribution in [3.63, 3.8) is 0 Å². The number of hydrogen-bond acceptors (Lipinski definition) is 6. The number of carbonyl (C=O) groups excluding carboxylic acids is 1. The lowest BCUT2D eigenvalue weighted by Gasteiger charge is -1.99. The molecule has 16 heavy (non-hydrogen) atoms. The van der Waals surface area contributed by atoms with Crippen molar-refractivity contribution in [2.24, 2.45) is 0 Å². The van der Waals surface area contributed by atoms with Gasteiger partial charge in [0.05, 0.1) is 5.75 Å². The van der Waals surface area contributed by atoms with Crippen molar-refractivity contribution in [1.29, 1.82) is 0 Å². The fraction of sp³-hybridized carbons (Fsp3) is 0.667. The minimum Gasteiger partial charge on any atom is -0.360 e. The van der Waals surface area contributed by atoms with Gasteiger partial charge in [0.1, 0.15) is 0 Å². The smallest absolute Gasteiger partial charge is 0.230 e. The van der Waals surface area contributed by atoms with E-state index in [1.54, 1.807) is 0 Å². The van der Waals surface area contributed by atoms with Crippen molar-refractivity contribution >= 4 is 34.1 Å². The molecular formula is C9H14N4OS2. The van der Waals surface area contributed by atoms with Crippen molar-refractivity contribution in [3.8, 4) is 0 Å². The molecule has 0 atom stereocenters. The van der Waals surface area contributed by atoms with Crippen molar-refractivity contribution in [1.82, 2.24) is 15.5 Å². The van der Waals surface area contributed by atoms with Gasteiger partial charge in [0.25, 0.3) is 0 Å². The normalized spacial score (nSPS) is 14.8. The molecule has 2 N–H and O–H groups in total. The third-order valence-corrected chi connectivity index (χ3v) is 4.02. The highest BCUT2D eigenvalue weighted by Crippen LogP contribution is 2.25. The number of nitrogens with one attached hydrogen (secondary N) is 2. The average molecular weight is 258 g/mol. The van der Waals surface area contributed by atoms with Crippen LogP contribution in [0.2, 0.25) is 0 Å². The van der Waals surface area contributed by atoms with Crippen molar-refractivity contribution in [2.75, 3.05) is 17.6 Å². The molecule has 2 rings (SSSR count). The Balaban J connectivity index is 1.72. The predicted molar refractivity (Wildman–Crippen MR) is 66.0 cm³/mol. The molecular weight excluding hydrogens is 244 g/mol. The molecule has 1 aromatic heterocycles. The van der Waals surface area contributed by atoms with Crippen molar-refractivity contribution < 1.29 is 4.79 Å². The lowest BCUT2D eigenvalue weighted by atomic mass is 10.6. The number of rotatable bonds is 6. The van der Waals surface area contributed by atoms with E-state index in [2.05, 4.69) is 20.8 Å². The minimum atomic E-state index is 0.0905. The van der Waals surface area contributed by atoms with Crippen LogP contribution < -0.4 is 10.6 Å². The summed E-state index contributed by atoms with van der Waals surface area (Å²) in [5, 5.41) is 14.8. The maximum absolute atomic E-state index is 11.4. The SMILES string of the molecule is CCNc1nnc(SCC(=O)NC2CC2)s1. The second-order valence-electron chi connectivity index (χ2n) is 3.53. The van der Waals surface area contributed by atoms with E-state index in [0.29, 0.717) is 11.8 Å². The maximum atomic E-state index is 11.4. The first-order valence-electron chi connectivity index (χ1n) is 5.27. The zero-order valence-electron chi connectivity index (χ0n) is 9.02. The molecule has 0 aliphatic heterocycles. The molecule has 1 saturated carbocycles. The van der Waals surface area contributed by atoms with E-state index >= 15 is 0 Å². The molecule has 88 valence electrons. The molecule has 0 unspecified atom stereocenters. The number of amides is 1. The number of anilines is 1. The lowest BCUT2D eigenvalue weighted by Crippen LogP contribution is -2.26. The summed E-state index contributed by atoms with van der Waals surface area (Å²) in [4.78, 5) is 11.4. The summed E-state index contributed by atoms with van der Waals surface area (Å²) >= 11 is 2.92. The number of hydrogen-bond donors (Lipinski definition) is 2. The van der Waals surface area contributed by atoms with Gasteiger partial charge >= 0.3 is 0 Å². The van der Waals surface area contributed by atoms with Gasteiger partial charge in [-0.1, -0.05) is 23.1 Å². The molecule has 1 aliphatic carbocycles. The van der Waals surface area contributed by atoms with Gasteiger partial charge in [0.15, 0.2) is 4.34 Å². The van der Waals surface area contributed by atoms with Crippen LogP contribution in [0.25, 0.3) is 0 Å². The van der Waals surface area contributed by atoms with E-state index in [1.807, 2.05) is 6.92 Å². The van der Waals surface area contributed by atoms with Crippen LogP contribution in [0.1, 0.15) is 19.8 Å². The van der Waals surface area contributed by atoms with Gasteiger partial charge in [-0.15, -0.1) is 10.2 Å². The summed E-state index contributed by atoms with van der Waals surface area (Å²) in [7, 11) is 0. The summed E-state index contributed by atoms with van der Waals surface area (Å²) in [5.41, 5.74) is 0.